The standard InChI is InChI=1S/C13H12ClN3/c14-10-3-1-4-11(7-10)17-12(8-15)5-2-6-13(17)9-16/h1,3-4,7,12-13H,2,5-6H2. The van der Waals surface area contributed by atoms with Gasteiger partial charge in [0.2, 0.25) is 0 Å². The van der Waals surface area contributed by atoms with E-state index in [-0.39, 0.29) is 12.1 Å². The van der Waals surface area contributed by atoms with Gasteiger partial charge in [0.1, 0.15) is 12.1 Å². The molecule has 0 amide bonds. The second-order valence-corrected chi connectivity index (χ2v) is 4.54. The Balaban J connectivity index is 2.38. The highest BCUT2D eigenvalue weighted by atomic mass is 35.5. The van der Waals surface area contributed by atoms with E-state index >= 15 is 0 Å². The second-order valence-electron chi connectivity index (χ2n) is 4.11. The molecule has 1 aliphatic rings. The first kappa shape index (κ1) is 11.8. The number of anilines is 1. The molecule has 17 heavy (non-hydrogen) atoms. The van der Waals surface area contributed by atoms with Crippen molar-refractivity contribution in [2.24, 2.45) is 0 Å². The van der Waals surface area contributed by atoms with E-state index in [1.165, 1.54) is 0 Å². The van der Waals surface area contributed by atoms with E-state index in [0.29, 0.717) is 5.02 Å². The number of piperidine rings is 1. The lowest BCUT2D eigenvalue weighted by atomic mass is 9.96. The van der Waals surface area contributed by atoms with E-state index in [9.17, 15) is 10.5 Å². The van der Waals surface area contributed by atoms with Crippen LogP contribution in [0.25, 0.3) is 0 Å². The molecule has 1 fully saturated rings. The lowest BCUT2D eigenvalue weighted by Crippen LogP contribution is -2.45. The predicted octanol–water partition coefficient (Wildman–Crippen LogP) is 3.11. The van der Waals surface area contributed by atoms with Crippen molar-refractivity contribution in [3.63, 3.8) is 0 Å². The molecule has 2 rings (SSSR count). The molecule has 1 aromatic rings. The zero-order valence-corrected chi connectivity index (χ0v) is 10.1. The summed E-state index contributed by atoms with van der Waals surface area (Å²) in [6.45, 7) is 0. The molecule has 1 heterocycles. The molecular formula is C13H12ClN3. The summed E-state index contributed by atoms with van der Waals surface area (Å²) in [5.74, 6) is 0. The molecule has 0 bridgehead atoms. The van der Waals surface area contributed by atoms with Gasteiger partial charge in [0, 0.05) is 10.7 Å². The Bertz CT molecular complexity index is 464. The van der Waals surface area contributed by atoms with E-state index in [1.807, 2.05) is 23.1 Å². The van der Waals surface area contributed by atoms with Crippen LogP contribution in [0.2, 0.25) is 5.02 Å². The van der Waals surface area contributed by atoms with E-state index in [2.05, 4.69) is 12.1 Å². The molecule has 0 saturated carbocycles. The molecule has 1 aliphatic heterocycles. The minimum Gasteiger partial charge on any atom is -0.339 e. The predicted molar refractivity (Wildman–Crippen MR) is 66.6 cm³/mol. The van der Waals surface area contributed by atoms with Crippen molar-refractivity contribution in [3.8, 4) is 12.1 Å². The fourth-order valence-corrected chi connectivity index (χ4v) is 2.43. The highest BCUT2D eigenvalue weighted by Crippen LogP contribution is 2.30. The molecule has 2 unspecified atom stereocenters. The van der Waals surface area contributed by atoms with Crippen LogP contribution >= 0.6 is 11.6 Å². The van der Waals surface area contributed by atoms with Crippen molar-refractivity contribution in [2.45, 2.75) is 31.3 Å². The van der Waals surface area contributed by atoms with Crippen LogP contribution < -0.4 is 4.90 Å². The van der Waals surface area contributed by atoms with Gasteiger partial charge in [-0.05, 0) is 37.5 Å². The fourth-order valence-electron chi connectivity index (χ4n) is 2.25. The van der Waals surface area contributed by atoms with Gasteiger partial charge in [-0.3, -0.25) is 0 Å². The van der Waals surface area contributed by atoms with E-state index < -0.39 is 0 Å². The number of nitrogens with zero attached hydrogens (tertiary/aromatic N) is 3. The number of hydrogen-bond donors (Lipinski definition) is 0. The summed E-state index contributed by atoms with van der Waals surface area (Å²) < 4.78 is 0. The number of benzene rings is 1. The van der Waals surface area contributed by atoms with Gasteiger partial charge in [0.15, 0.2) is 0 Å². The van der Waals surface area contributed by atoms with Crippen molar-refractivity contribution < 1.29 is 0 Å². The second kappa shape index (κ2) is 5.08. The Morgan fingerprint density at radius 3 is 2.35 bits per heavy atom. The number of hydrogen-bond acceptors (Lipinski definition) is 3. The van der Waals surface area contributed by atoms with Gasteiger partial charge in [0.05, 0.1) is 12.1 Å². The molecule has 0 aromatic heterocycles. The van der Waals surface area contributed by atoms with E-state index in [4.69, 9.17) is 11.6 Å². The molecule has 4 heteroatoms. The third-order valence-corrected chi connectivity index (χ3v) is 3.27. The molecule has 1 aromatic carbocycles. The lowest BCUT2D eigenvalue weighted by molar-refractivity contribution is 0.472. The van der Waals surface area contributed by atoms with Crippen LogP contribution in [0.4, 0.5) is 5.69 Å². The summed E-state index contributed by atoms with van der Waals surface area (Å²) in [6, 6.07) is 11.4. The minimum absolute atomic E-state index is 0.230. The normalized spacial score (nSPS) is 23.8. The Kier molecular flexibility index (Phi) is 3.52. The minimum atomic E-state index is -0.230. The molecular weight excluding hydrogens is 234 g/mol. The molecule has 1 saturated heterocycles. The van der Waals surface area contributed by atoms with Crippen LogP contribution in [0, 0.1) is 22.7 Å². The van der Waals surface area contributed by atoms with Gasteiger partial charge in [-0.2, -0.15) is 10.5 Å². The average Bonchev–Trinajstić information content (AvgIpc) is 2.37. The summed E-state index contributed by atoms with van der Waals surface area (Å²) in [6.07, 6.45) is 2.54. The molecule has 2 atom stereocenters. The molecule has 0 spiro atoms. The number of rotatable bonds is 1. The first-order valence-electron chi connectivity index (χ1n) is 5.59. The maximum absolute atomic E-state index is 9.17. The monoisotopic (exact) mass is 245 g/mol. The van der Waals surface area contributed by atoms with Gasteiger partial charge in [-0.25, -0.2) is 0 Å². The zero-order chi connectivity index (χ0) is 12.3. The first-order chi connectivity index (χ1) is 8.26. The summed E-state index contributed by atoms with van der Waals surface area (Å²) in [5.41, 5.74) is 0.857. The van der Waals surface area contributed by atoms with Crippen LogP contribution in [0.1, 0.15) is 19.3 Å². The largest absolute Gasteiger partial charge is 0.339 e. The van der Waals surface area contributed by atoms with Crippen molar-refractivity contribution in [2.75, 3.05) is 4.90 Å². The molecule has 86 valence electrons. The van der Waals surface area contributed by atoms with Crippen LogP contribution in [-0.2, 0) is 0 Å². The van der Waals surface area contributed by atoms with Gasteiger partial charge in [0.25, 0.3) is 0 Å². The number of halogens is 1. The quantitative estimate of drug-likeness (QED) is 0.764. The lowest BCUT2D eigenvalue weighted by Gasteiger charge is -2.37. The van der Waals surface area contributed by atoms with Gasteiger partial charge in [-0.1, -0.05) is 17.7 Å². The maximum atomic E-state index is 9.17. The summed E-state index contributed by atoms with van der Waals surface area (Å²) in [7, 11) is 0. The Morgan fingerprint density at radius 1 is 1.18 bits per heavy atom. The highest BCUT2D eigenvalue weighted by molar-refractivity contribution is 6.30. The van der Waals surface area contributed by atoms with Crippen LogP contribution in [0.15, 0.2) is 24.3 Å². The summed E-state index contributed by atoms with van der Waals surface area (Å²) in [4.78, 5) is 1.88. The van der Waals surface area contributed by atoms with Crippen LogP contribution in [-0.4, -0.2) is 12.1 Å². The van der Waals surface area contributed by atoms with E-state index in [0.717, 1.165) is 24.9 Å². The maximum Gasteiger partial charge on any atom is 0.118 e. The van der Waals surface area contributed by atoms with Crippen molar-refractivity contribution >= 4 is 17.3 Å². The van der Waals surface area contributed by atoms with Crippen molar-refractivity contribution in [1.29, 1.82) is 10.5 Å². The van der Waals surface area contributed by atoms with E-state index in [1.54, 1.807) is 6.07 Å². The third kappa shape index (κ3) is 2.35. The number of nitriles is 2. The molecule has 0 aliphatic carbocycles. The Hall–Kier alpha value is -1.71. The van der Waals surface area contributed by atoms with Gasteiger partial charge in [-0.15, -0.1) is 0 Å². The summed E-state index contributed by atoms with van der Waals surface area (Å²) >= 11 is 5.95. The average molecular weight is 246 g/mol. The summed E-state index contributed by atoms with van der Waals surface area (Å²) in [5, 5.41) is 19.0. The molecule has 3 nitrogen and oxygen atoms in total. The fraction of sp³-hybridized carbons (Fsp3) is 0.385. The Morgan fingerprint density at radius 2 is 1.82 bits per heavy atom. The molecule has 0 N–H and O–H groups in total. The smallest absolute Gasteiger partial charge is 0.118 e. The zero-order valence-electron chi connectivity index (χ0n) is 9.31. The molecule has 0 radical (unpaired) electrons. The van der Waals surface area contributed by atoms with Crippen molar-refractivity contribution in [3.05, 3.63) is 29.3 Å². The topological polar surface area (TPSA) is 50.8 Å². The van der Waals surface area contributed by atoms with Crippen LogP contribution in [0.5, 0.6) is 0 Å². The van der Waals surface area contributed by atoms with Crippen molar-refractivity contribution in [1.82, 2.24) is 0 Å². The third-order valence-electron chi connectivity index (χ3n) is 3.03. The van der Waals surface area contributed by atoms with Gasteiger partial charge >= 0.3 is 0 Å². The first-order valence-corrected chi connectivity index (χ1v) is 5.97. The SMILES string of the molecule is N#CC1CCCC(C#N)N1c1cccc(Cl)c1. The highest BCUT2D eigenvalue weighted by Gasteiger charge is 2.30. The Labute approximate surface area is 106 Å². The van der Waals surface area contributed by atoms with Gasteiger partial charge < -0.3 is 4.90 Å². The van der Waals surface area contributed by atoms with Crippen LogP contribution in [0.3, 0.4) is 0 Å².